The van der Waals surface area contributed by atoms with Crippen LogP contribution in [0.2, 0.25) is 5.15 Å². The minimum absolute atomic E-state index is 0.119. The molecule has 39 heavy (non-hydrogen) atoms. The van der Waals surface area contributed by atoms with E-state index in [9.17, 15) is 4.79 Å². The van der Waals surface area contributed by atoms with Gasteiger partial charge in [0.15, 0.2) is 0 Å². The van der Waals surface area contributed by atoms with Crippen molar-refractivity contribution in [3.8, 4) is 11.1 Å². The quantitative estimate of drug-likeness (QED) is 0.211. The average molecular weight is 546 g/mol. The summed E-state index contributed by atoms with van der Waals surface area (Å²) in [7, 11) is 1.73. The van der Waals surface area contributed by atoms with Crippen molar-refractivity contribution in [1.82, 2.24) is 19.4 Å². The molecule has 1 aliphatic rings. The van der Waals surface area contributed by atoms with E-state index < -0.39 is 0 Å². The molecule has 1 aliphatic heterocycles. The molecule has 2 aromatic heterocycles. The molecule has 1 saturated heterocycles. The maximum atomic E-state index is 13.3. The first-order chi connectivity index (χ1) is 19.0. The van der Waals surface area contributed by atoms with E-state index in [-0.39, 0.29) is 17.9 Å². The van der Waals surface area contributed by atoms with Crippen LogP contribution >= 0.6 is 11.6 Å². The number of pyridine rings is 1. The predicted octanol–water partition coefficient (Wildman–Crippen LogP) is 5.45. The zero-order valence-electron chi connectivity index (χ0n) is 22.4. The summed E-state index contributed by atoms with van der Waals surface area (Å²) in [4.78, 5) is 24.4. The lowest BCUT2D eigenvalue weighted by Crippen LogP contribution is -2.42. The molecule has 1 fully saturated rings. The normalized spacial score (nSPS) is 16.5. The number of imidazole rings is 1. The molecule has 2 aromatic carbocycles. The third-order valence-electron chi connectivity index (χ3n) is 7.51. The van der Waals surface area contributed by atoms with Gasteiger partial charge in [-0.25, -0.2) is 9.97 Å². The lowest BCUT2D eigenvalue weighted by molar-refractivity contribution is -0.132. The molecule has 204 valence electrons. The van der Waals surface area contributed by atoms with Gasteiger partial charge in [-0.3, -0.25) is 4.79 Å². The number of nitrogens with two attached hydrogens (primary N) is 1. The van der Waals surface area contributed by atoms with Gasteiger partial charge in [0.2, 0.25) is 5.91 Å². The van der Waals surface area contributed by atoms with Gasteiger partial charge in [-0.05, 0) is 61.1 Å². The number of rotatable bonds is 10. The number of piperidine rings is 1. The fourth-order valence-electron chi connectivity index (χ4n) is 5.57. The van der Waals surface area contributed by atoms with Crippen LogP contribution in [0.5, 0.6) is 0 Å². The van der Waals surface area contributed by atoms with Gasteiger partial charge in [-0.1, -0.05) is 48.0 Å². The van der Waals surface area contributed by atoms with Crippen LogP contribution in [0, 0.1) is 0 Å². The van der Waals surface area contributed by atoms with Crippen molar-refractivity contribution in [2.45, 2.75) is 50.6 Å². The zero-order valence-corrected chi connectivity index (χ0v) is 23.2. The van der Waals surface area contributed by atoms with E-state index in [1.165, 1.54) is 0 Å². The van der Waals surface area contributed by atoms with Crippen LogP contribution in [0.15, 0.2) is 66.9 Å². The van der Waals surface area contributed by atoms with Crippen molar-refractivity contribution in [2.24, 2.45) is 5.73 Å². The number of fused-ring (bicyclic) bond motifs is 1. The zero-order chi connectivity index (χ0) is 27.2. The molecule has 4 aromatic rings. The van der Waals surface area contributed by atoms with E-state index in [0.29, 0.717) is 31.1 Å². The number of amides is 1. The first-order valence-electron chi connectivity index (χ1n) is 13.7. The van der Waals surface area contributed by atoms with Crippen LogP contribution in [0.4, 0.5) is 0 Å². The molecule has 0 radical (unpaired) electrons. The number of carbonyl (C=O) groups excluding carboxylic acids is 1. The second kappa shape index (κ2) is 12.7. The molecule has 0 saturated carbocycles. The third-order valence-corrected chi connectivity index (χ3v) is 7.81. The highest BCUT2D eigenvalue weighted by Gasteiger charge is 2.29. The van der Waals surface area contributed by atoms with E-state index >= 15 is 0 Å². The Balaban J connectivity index is 1.21. The Kier molecular flexibility index (Phi) is 8.91. The van der Waals surface area contributed by atoms with E-state index in [4.69, 9.17) is 27.1 Å². The van der Waals surface area contributed by atoms with Crippen molar-refractivity contribution >= 4 is 28.5 Å². The highest BCUT2D eigenvalue weighted by atomic mass is 35.5. The van der Waals surface area contributed by atoms with Gasteiger partial charge in [0.25, 0.3) is 0 Å². The monoisotopic (exact) mass is 545 g/mol. The van der Waals surface area contributed by atoms with Crippen molar-refractivity contribution in [3.63, 3.8) is 0 Å². The Morgan fingerprint density at radius 3 is 2.77 bits per heavy atom. The topological polar surface area (TPSA) is 86.3 Å². The van der Waals surface area contributed by atoms with E-state index in [1.807, 2.05) is 47.4 Å². The van der Waals surface area contributed by atoms with Crippen LogP contribution in [-0.2, 0) is 22.5 Å². The van der Waals surface area contributed by atoms with E-state index in [2.05, 4.69) is 27.8 Å². The number of nitrogens with zero attached hydrogens (tertiary/aromatic N) is 4. The van der Waals surface area contributed by atoms with Gasteiger partial charge in [0.05, 0.1) is 11.0 Å². The van der Waals surface area contributed by atoms with Crippen molar-refractivity contribution in [1.29, 1.82) is 0 Å². The molecule has 1 amide bonds. The maximum absolute atomic E-state index is 13.3. The number of hydrogen-bond donors (Lipinski definition) is 1. The van der Waals surface area contributed by atoms with Gasteiger partial charge < -0.3 is 19.9 Å². The van der Waals surface area contributed by atoms with Crippen molar-refractivity contribution in [2.75, 3.05) is 26.8 Å². The first-order valence-corrected chi connectivity index (χ1v) is 14.1. The number of aryl methyl sites for hydroxylation is 1. The van der Waals surface area contributed by atoms with Crippen LogP contribution in [0.3, 0.4) is 0 Å². The SMILES string of the molecule is COCCCn1c([C@@H]2CCCN(C(=O)C[C@H](N)Cc3ccc(-c4cccnc4Cl)cc3)C2)nc2ccccc21. The van der Waals surface area contributed by atoms with Gasteiger partial charge in [-0.2, -0.15) is 0 Å². The number of para-hydroxylation sites is 2. The number of benzene rings is 2. The van der Waals surface area contributed by atoms with Crippen LogP contribution in [0.25, 0.3) is 22.2 Å². The Labute approximate surface area is 235 Å². The minimum Gasteiger partial charge on any atom is -0.385 e. The highest BCUT2D eigenvalue weighted by molar-refractivity contribution is 6.32. The largest absolute Gasteiger partial charge is 0.385 e. The molecule has 8 heteroatoms. The molecule has 7 nitrogen and oxygen atoms in total. The average Bonchev–Trinajstić information content (AvgIpc) is 3.33. The summed E-state index contributed by atoms with van der Waals surface area (Å²) in [5, 5.41) is 0.484. The number of aromatic nitrogens is 3. The molecule has 2 atom stereocenters. The molecular formula is C31H36ClN5O2. The van der Waals surface area contributed by atoms with Gasteiger partial charge in [-0.15, -0.1) is 0 Å². The molecule has 3 heterocycles. The van der Waals surface area contributed by atoms with Crippen LogP contribution in [-0.4, -0.2) is 58.2 Å². The summed E-state index contributed by atoms with van der Waals surface area (Å²) < 4.78 is 7.61. The molecule has 0 bridgehead atoms. The van der Waals surface area contributed by atoms with Crippen molar-refractivity contribution in [3.05, 3.63) is 83.4 Å². The second-order valence-corrected chi connectivity index (χ2v) is 10.7. The summed E-state index contributed by atoms with van der Waals surface area (Å²) in [6, 6.07) is 20.0. The minimum atomic E-state index is -0.246. The Bertz CT molecular complexity index is 1400. The first kappa shape index (κ1) is 27.3. The Hall–Kier alpha value is -3.26. The second-order valence-electron chi connectivity index (χ2n) is 10.3. The molecule has 0 spiro atoms. The molecule has 0 unspecified atom stereocenters. The lowest BCUT2D eigenvalue weighted by Gasteiger charge is -2.33. The fraction of sp³-hybridized carbons (Fsp3) is 0.387. The maximum Gasteiger partial charge on any atom is 0.224 e. The molecule has 0 aliphatic carbocycles. The molecule has 5 rings (SSSR count). The highest BCUT2D eigenvalue weighted by Crippen LogP contribution is 2.30. The van der Waals surface area contributed by atoms with Gasteiger partial charge >= 0.3 is 0 Å². The standard InChI is InChI=1S/C31H36ClN5O2/c1-39-18-6-17-37-28-10-3-2-9-27(28)35-31(37)24-7-5-16-36(21-24)29(38)20-25(33)19-22-11-13-23(14-12-22)26-8-4-15-34-30(26)32/h2-4,8-15,24-25H,5-7,16-21,33H2,1H3/t24-,25-/m1/s1. The van der Waals surface area contributed by atoms with Crippen LogP contribution in [0.1, 0.15) is 43.0 Å². The van der Waals surface area contributed by atoms with E-state index in [0.717, 1.165) is 65.9 Å². The number of hydrogen-bond acceptors (Lipinski definition) is 5. The number of halogens is 1. The lowest BCUT2D eigenvalue weighted by atomic mass is 9.95. The summed E-state index contributed by atoms with van der Waals surface area (Å²) >= 11 is 6.24. The van der Waals surface area contributed by atoms with Gasteiger partial charge in [0.1, 0.15) is 11.0 Å². The number of carbonyl (C=O) groups is 1. The third kappa shape index (κ3) is 6.49. The van der Waals surface area contributed by atoms with Gasteiger partial charge in [0, 0.05) is 63.5 Å². The number of methoxy groups -OCH3 is 1. The summed E-state index contributed by atoms with van der Waals surface area (Å²) in [6.07, 6.45) is 5.55. The summed E-state index contributed by atoms with van der Waals surface area (Å²) in [5.74, 6) is 1.40. The smallest absolute Gasteiger partial charge is 0.224 e. The molecular weight excluding hydrogens is 510 g/mol. The summed E-state index contributed by atoms with van der Waals surface area (Å²) in [6.45, 7) is 3.01. The van der Waals surface area contributed by atoms with Crippen LogP contribution < -0.4 is 5.73 Å². The Morgan fingerprint density at radius 2 is 1.97 bits per heavy atom. The van der Waals surface area contributed by atoms with Crippen molar-refractivity contribution < 1.29 is 9.53 Å². The van der Waals surface area contributed by atoms with E-state index in [1.54, 1.807) is 13.3 Å². The number of ether oxygens (including phenoxy) is 1. The number of likely N-dealkylation sites (tertiary alicyclic amines) is 1. The predicted molar refractivity (Wildman–Crippen MR) is 156 cm³/mol. The molecule has 2 N–H and O–H groups in total. The fourth-order valence-corrected chi connectivity index (χ4v) is 5.80. The Morgan fingerprint density at radius 1 is 1.15 bits per heavy atom. The summed E-state index contributed by atoms with van der Waals surface area (Å²) in [5.41, 5.74) is 11.6.